The van der Waals surface area contributed by atoms with Gasteiger partial charge in [-0.2, -0.15) is 0 Å². The number of rotatable bonds is 5. The van der Waals surface area contributed by atoms with Crippen LogP contribution in [-0.4, -0.2) is 53.7 Å². The van der Waals surface area contributed by atoms with E-state index in [1.54, 1.807) is 21.9 Å². The van der Waals surface area contributed by atoms with Crippen LogP contribution in [0.5, 0.6) is 0 Å². The van der Waals surface area contributed by atoms with Gasteiger partial charge in [-0.05, 0) is 31.0 Å². The van der Waals surface area contributed by atoms with Gasteiger partial charge < -0.3 is 15.1 Å². The molecule has 6 nitrogen and oxygen atoms in total. The highest BCUT2D eigenvalue weighted by Crippen LogP contribution is 2.20. The van der Waals surface area contributed by atoms with E-state index >= 15 is 0 Å². The monoisotopic (exact) mass is 425 g/mol. The average molecular weight is 426 g/mol. The summed E-state index contributed by atoms with van der Waals surface area (Å²) in [4.78, 5) is 40.7. The Morgan fingerprint density at radius 3 is 2.29 bits per heavy atom. The Bertz CT molecular complexity index is 945. The third-order valence-electron chi connectivity index (χ3n) is 5.48. The van der Waals surface area contributed by atoms with E-state index in [1.807, 2.05) is 31.2 Å². The fourth-order valence-corrected chi connectivity index (χ4v) is 3.78. The van der Waals surface area contributed by atoms with Crippen LogP contribution in [0.3, 0.4) is 0 Å². The summed E-state index contributed by atoms with van der Waals surface area (Å²) in [5.74, 6) is -1.18. The van der Waals surface area contributed by atoms with Crippen molar-refractivity contribution in [3.63, 3.8) is 0 Å². The normalized spacial score (nSPS) is 15.2. The standard InChI is InChI=1S/C24H28FN3O3/c1-17-8-10-19(11-9-17)22(26-18(2)29)16-23(30)27-12-5-13-28(15-14-27)24(31)20-6-3-4-7-21(20)25/h3-4,6-11,22H,5,12-16H2,1-2H3,(H,26,29). The van der Waals surface area contributed by atoms with Crippen LogP contribution in [0.1, 0.15) is 47.3 Å². The van der Waals surface area contributed by atoms with Crippen LogP contribution in [-0.2, 0) is 9.59 Å². The summed E-state index contributed by atoms with van der Waals surface area (Å²) in [6.45, 7) is 5.11. The SMILES string of the molecule is CC(=O)NC(CC(=O)N1CCCN(C(=O)c2ccccc2F)CC1)c1ccc(C)cc1. The molecular weight excluding hydrogens is 397 g/mol. The second-order valence-corrected chi connectivity index (χ2v) is 7.87. The van der Waals surface area contributed by atoms with Crippen LogP contribution in [0.25, 0.3) is 0 Å². The van der Waals surface area contributed by atoms with E-state index in [2.05, 4.69) is 5.32 Å². The number of nitrogens with zero attached hydrogens (tertiary/aromatic N) is 2. The van der Waals surface area contributed by atoms with Crippen molar-refractivity contribution in [1.82, 2.24) is 15.1 Å². The van der Waals surface area contributed by atoms with Gasteiger partial charge in [-0.1, -0.05) is 42.0 Å². The molecule has 0 aliphatic carbocycles. The van der Waals surface area contributed by atoms with Crippen LogP contribution in [0, 0.1) is 12.7 Å². The largest absolute Gasteiger partial charge is 0.349 e. The van der Waals surface area contributed by atoms with Crippen molar-refractivity contribution < 1.29 is 18.8 Å². The van der Waals surface area contributed by atoms with Gasteiger partial charge in [0.1, 0.15) is 5.82 Å². The number of benzene rings is 2. The second-order valence-electron chi connectivity index (χ2n) is 7.87. The summed E-state index contributed by atoms with van der Waals surface area (Å²) in [7, 11) is 0. The number of nitrogens with one attached hydrogen (secondary N) is 1. The van der Waals surface area contributed by atoms with Crippen LogP contribution < -0.4 is 5.32 Å². The van der Waals surface area contributed by atoms with Crippen LogP contribution in [0.2, 0.25) is 0 Å². The maximum absolute atomic E-state index is 14.0. The third kappa shape index (κ3) is 5.90. The molecule has 0 bridgehead atoms. The van der Waals surface area contributed by atoms with E-state index in [0.717, 1.165) is 11.1 Å². The van der Waals surface area contributed by atoms with Gasteiger partial charge in [0.2, 0.25) is 11.8 Å². The molecule has 3 amide bonds. The number of hydrogen-bond donors (Lipinski definition) is 1. The lowest BCUT2D eigenvalue weighted by Gasteiger charge is -2.25. The Hall–Kier alpha value is -3.22. The molecule has 1 unspecified atom stereocenters. The van der Waals surface area contributed by atoms with Crippen molar-refractivity contribution in [3.05, 3.63) is 71.0 Å². The van der Waals surface area contributed by atoms with Crippen molar-refractivity contribution in [2.24, 2.45) is 0 Å². The van der Waals surface area contributed by atoms with Crippen LogP contribution in [0.15, 0.2) is 48.5 Å². The van der Waals surface area contributed by atoms with E-state index in [1.165, 1.54) is 19.1 Å². The summed E-state index contributed by atoms with van der Waals surface area (Å²) in [5.41, 5.74) is 2.02. The van der Waals surface area contributed by atoms with Gasteiger partial charge in [-0.25, -0.2) is 4.39 Å². The minimum absolute atomic E-state index is 0.0485. The molecule has 0 radical (unpaired) electrons. The van der Waals surface area contributed by atoms with Crippen molar-refractivity contribution in [2.75, 3.05) is 26.2 Å². The quantitative estimate of drug-likeness (QED) is 0.801. The van der Waals surface area contributed by atoms with E-state index in [0.29, 0.717) is 32.6 Å². The van der Waals surface area contributed by atoms with E-state index in [4.69, 9.17) is 0 Å². The second kappa shape index (κ2) is 10.2. The summed E-state index contributed by atoms with van der Waals surface area (Å²) < 4.78 is 14.0. The van der Waals surface area contributed by atoms with E-state index in [-0.39, 0.29) is 29.7 Å². The summed E-state index contributed by atoms with van der Waals surface area (Å²) in [6, 6.07) is 13.3. The van der Waals surface area contributed by atoms with Gasteiger partial charge in [-0.3, -0.25) is 14.4 Å². The van der Waals surface area contributed by atoms with Crippen molar-refractivity contribution >= 4 is 17.7 Å². The molecule has 1 saturated heterocycles. The maximum atomic E-state index is 14.0. The molecule has 3 rings (SSSR count). The highest BCUT2D eigenvalue weighted by Gasteiger charge is 2.26. The Balaban J connectivity index is 1.65. The predicted octanol–water partition coefficient (Wildman–Crippen LogP) is 3.08. The van der Waals surface area contributed by atoms with Crippen molar-refractivity contribution in [3.8, 4) is 0 Å². The molecule has 164 valence electrons. The molecule has 7 heteroatoms. The molecule has 0 aromatic heterocycles. The highest BCUT2D eigenvalue weighted by atomic mass is 19.1. The number of halogens is 1. The van der Waals surface area contributed by atoms with Gasteiger partial charge in [0.15, 0.2) is 0 Å². The molecule has 1 fully saturated rings. The van der Waals surface area contributed by atoms with Gasteiger partial charge in [-0.15, -0.1) is 0 Å². The predicted molar refractivity (Wildman–Crippen MR) is 116 cm³/mol. The maximum Gasteiger partial charge on any atom is 0.256 e. The van der Waals surface area contributed by atoms with Gasteiger partial charge in [0.25, 0.3) is 5.91 Å². The molecule has 0 saturated carbocycles. The zero-order valence-electron chi connectivity index (χ0n) is 17.9. The molecule has 1 aliphatic rings. The first kappa shape index (κ1) is 22.5. The number of amides is 3. The van der Waals surface area contributed by atoms with Crippen LogP contribution in [0.4, 0.5) is 4.39 Å². The number of carbonyl (C=O) groups excluding carboxylic acids is 3. The zero-order chi connectivity index (χ0) is 22.4. The Labute approximate surface area is 182 Å². The highest BCUT2D eigenvalue weighted by molar-refractivity contribution is 5.94. The lowest BCUT2D eigenvalue weighted by atomic mass is 10.0. The van der Waals surface area contributed by atoms with E-state index in [9.17, 15) is 18.8 Å². The van der Waals surface area contributed by atoms with Gasteiger partial charge in [0.05, 0.1) is 18.0 Å². The van der Waals surface area contributed by atoms with Gasteiger partial charge >= 0.3 is 0 Å². The summed E-state index contributed by atoms with van der Waals surface area (Å²) >= 11 is 0. The first-order valence-electron chi connectivity index (χ1n) is 10.5. The topological polar surface area (TPSA) is 69.7 Å². The minimum atomic E-state index is -0.541. The first-order valence-corrected chi connectivity index (χ1v) is 10.5. The lowest BCUT2D eigenvalue weighted by Crippen LogP contribution is -2.39. The molecule has 1 heterocycles. The summed E-state index contributed by atoms with van der Waals surface area (Å²) in [6.07, 6.45) is 0.755. The number of hydrogen-bond acceptors (Lipinski definition) is 3. The lowest BCUT2D eigenvalue weighted by molar-refractivity contribution is -0.131. The fourth-order valence-electron chi connectivity index (χ4n) is 3.78. The zero-order valence-corrected chi connectivity index (χ0v) is 17.9. The molecule has 2 aromatic carbocycles. The van der Waals surface area contributed by atoms with E-state index < -0.39 is 11.9 Å². The third-order valence-corrected chi connectivity index (χ3v) is 5.48. The minimum Gasteiger partial charge on any atom is -0.349 e. The smallest absolute Gasteiger partial charge is 0.256 e. The Kier molecular flexibility index (Phi) is 7.39. The summed E-state index contributed by atoms with van der Waals surface area (Å²) in [5, 5.41) is 2.86. The Morgan fingerprint density at radius 2 is 1.61 bits per heavy atom. The molecule has 1 N–H and O–H groups in total. The molecule has 1 atom stereocenters. The molecule has 1 aliphatic heterocycles. The molecule has 2 aromatic rings. The number of aryl methyl sites for hydroxylation is 1. The first-order chi connectivity index (χ1) is 14.8. The molecule has 0 spiro atoms. The molecular formula is C24H28FN3O3. The molecule has 31 heavy (non-hydrogen) atoms. The average Bonchev–Trinajstić information content (AvgIpc) is 3.00. The van der Waals surface area contributed by atoms with Crippen molar-refractivity contribution in [1.29, 1.82) is 0 Å². The van der Waals surface area contributed by atoms with Crippen molar-refractivity contribution in [2.45, 2.75) is 32.7 Å². The Morgan fingerprint density at radius 1 is 0.968 bits per heavy atom. The van der Waals surface area contributed by atoms with Crippen LogP contribution >= 0.6 is 0 Å². The number of carbonyl (C=O) groups is 3. The fraction of sp³-hybridized carbons (Fsp3) is 0.375. The van der Waals surface area contributed by atoms with Gasteiger partial charge in [0, 0.05) is 33.1 Å².